The molecule has 0 fully saturated rings. The zero-order valence-electron chi connectivity index (χ0n) is 8.83. The fraction of sp³-hybridized carbons (Fsp3) is 0.250. The summed E-state index contributed by atoms with van der Waals surface area (Å²) in [5, 5.41) is 3.41. The van der Waals surface area contributed by atoms with Crippen molar-refractivity contribution in [2.24, 2.45) is 0 Å². The van der Waals surface area contributed by atoms with E-state index in [9.17, 15) is 4.79 Å². The first kappa shape index (κ1) is 11.8. The van der Waals surface area contributed by atoms with E-state index in [1.165, 1.54) is 6.08 Å². The number of amides is 1. The van der Waals surface area contributed by atoms with Gasteiger partial charge in [-0.1, -0.05) is 29.8 Å². The molecule has 1 aromatic carbocycles. The van der Waals surface area contributed by atoms with Crippen LogP contribution in [0.1, 0.15) is 19.4 Å². The number of hydrogen-bond donors (Lipinski definition) is 1. The lowest BCUT2D eigenvalue weighted by molar-refractivity contribution is -0.116. The van der Waals surface area contributed by atoms with Gasteiger partial charge in [-0.3, -0.25) is 4.79 Å². The maximum Gasteiger partial charge on any atom is 0.244 e. The molecule has 0 aliphatic heterocycles. The molecule has 1 rings (SSSR count). The van der Waals surface area contributed by atoms with Crippen LogP contribution >= 0.6 is 11.6 Å². The van der Waals surface area contributed by atoms with Crippen LogP contribution in [0.3, 0.4) is 0 Å². The maximum absolute atomic E-state index is 11.3. The molecular weight excluding hydrogens is 210 g/mol. The molecule has 0 unspecified atom stereocenters. The Bertz CT molecular complexity index is 372. The van der Waals surface area contributed by atoms with Gasteiger partial charge >= 0.3 is 0 Å². The van der Waals surface area contributed by atoms with Gasteiger partial charge in [-0.2, -0.15) is 0 Å². The summed E-state index contributed by atoms with van der Waals surface area (Å²) in [7, 11) is 0. The summed E-state index contributed by atoms with van der Waals surface area (Å²) < 4.78 is 0. The van der Waals surface area contributed by atoms with Crippen molar-refractivity contribution in [2.45, 2.75) is 19.9 Å². The van der Waals surface area contributed by atoms with Crippen LogP contribution in [0.5, 0.6) is 0 Å². The lowest BCUT2D eigenvalue weighted by Gasteiger charge is -2.04. The largest absolute Gasteiger partial charge is 0.350 e. The highest BCUT2D eigenvalue weighted by atomic mass is 35.5. The van der Waals surface area contributed by atoms with E-state index < -0.39 is 0 Å². The molecule has 0 aromatic heterocycles. The van der Waals surface area contributed by atoms with Gasteiger partial charge in [-0.25, -0.2) is 0 Å². The predicted molar refractivity (Wildman–Crippen MR) is 63.8 cm³/mol. The molecule has 80 valence electrons. The molecule has 3 heteroatoms. The summed E-state index contributed by atoms with van der Waals surface area (Å²) in [5.41, 5.74) is 0.845. The molecule has 0 saturated carbocycles. The topological polar surface area (TPSA) is 29.1 Å². The SMILES string of the molecule is CC(C)NC(=O)C=Cc1ccccc1Cl. The standard InChI is InChI=1S/C12H14ClNO/c1-9(2)14-12(15)8-7-10-5-3-4-6-11(10)13/h3-9H,1-2H3,(H,14,15). The van der Waals surface area contributed by atoms with Crippen molar-refractivity contribution >= 4 is 23.6 Å². The number of nitrogens with one attached hydrogen (secondary N) is 1. The molecule has 1 N–H and O–H groups in total. The van der Waals surface area contributed by atoms with Crippen LogP contribution in [0, 0.1) is 0 Å². The molecule has 0 spiro atoms. The molecule has 15 heavy (non-hydrogen) atoms. The lowest BCUT2D eigenvalue weighted by atomic mass is 10.2. The highest BCUT2D eigenvalue weighted by molar-refractivity contribution is 6.32. The summed E-state index contributed by atoms with van der Waals surface area (Å²) in [6, 6.07) is 7.54. The van der Waals surface area contributed by atoms with Gasteiger partial charge in [0.15, 0.2) is 0 Å². The molecule has 0 saturated heterocycles. The molecule has 2 nitrogen and oxygen atoms in total. The molecule has 0 radical (unpaired) electrons. The van der Waals surface area contributed by atoms with E-state index >= 15 is 0 Å². The van der Waals surface area contributed by atoms with Crippen LogP contribution < -0.4 is 5.32 Å². The van der Waals surface area contributed by atoms with Crippen LogP contribution in [0.2, 0.25) is 5.02 Å². The van der Waals surface area contributed by atoms with Crippen molar-refractivity contribution in [3.63, 3.8) is 0 Å². The minimum atomic E-state index is -0.107. The first-order chi connectivity index (χ1) is 7.09. The van der Waals surface area contributed by atoms with Crippen molar-refractivity contribution in [1.29, 1.82) is 0 Å². The summed E-state index contributed by atoms with van der Waals surface area (Å²) in [6.07, 6.45) is 3.20. The Kier molecular flexibility index (Phi) is 4.37. The normalized spacial score (nSPS) is 10.9. The monoisotopic (exact) mass is 223 g/mol. The van der Waals surface area contributed by atoms with E-state index in [1.807, 2.05) is 32.0 Å². The number of halogens is 1. The van der Waals surface area contributed by atoms with Gasteiger partial charge in [0, 0.05) is 17.1 Å². The Labute approximate surface area is 94.9 Å². The van der Waals surface area contributed by atoms with Crippen molar-refractivity contribution in [1.82, 2.24) is 5.32 Å². The van der Waals surface area contributed by atoms with Gasteiger partial charge in [-0.05, 0) is 31.6 Å². The number of carbonyl (C=O) groups is 1. The summed E-state index contributed by atoms with van der Waals surface area (Å²) in [5.74, 6) is -0.107. The highest BCUT2D eigenvalue weighted by Crippen LogP contribution is 2.15. The third-order valence-electron chi connectivity index (χ3n) is 1.75. The van der Waals surface area contributed by atoms with Crippen molar-refractivity contribution < 1.29 is 4.79 Å². The third-order valence-corrected chi connectivity index (χ3v) is 2.09. The van der Waals surface area contributed by atoms with E-state index in [0.717, 1.165) is 5.56 Å². The van der Waals surface area contributed by atoms with Gasteiger partial charge in [0.05, 0.1) is 0 Å². The van der Waals surface area contributed by atoms with Gasteiger partial charge in [0.25, 0.3) is 0 Å². The molecular formula is C12H14ClNO. The average Bonchev–Trinajstić information content (AvgIpc) is 2.15. The Morgan fingerprint density at radius 2 is 2.07 bits per heavy atom. The first-order valence-electron chi connectivity index (χ1n) is 4.82. The second-order valence-corrected chi connectivity index (χ2v) is 3.93. The minimum Gasteiger partial charge on any atom is -0.350 e. The van der Waals surface area contributed by atoms with Gasteiger partial charge in [0.2, 0.25) is 5.91 Å². The van der Waals surface area contributed by atoms with Crippen molar-refractivity contribution in [3.8, 4) is 0 Å². The van der Waals surface area contributed by atoms with Crippen LogP contribution in [0.4, 0.5) is 0 Å². The number of benzene rings is 1. The Morgan fingerprint density at radius 3 is 2.67 bits per heavy atom. The number of carbonyl (C=O) groups excluding carboxylic acids is 1. The Morgan fingerprint density at radius 1 is 1.40 bits per heavy atom. The molecule has 0 aliphatic carbocycles. The summed E-state index contributed by atoms with van der Waals surface area (Å²) in [4.78, 5) is 11.3. The van der Waals surface area contributed by atoms with E-state index in [1.54, 1.807) is 12.1 Å². The van der Waals surface area contributed by atoms with Crippen LogP contribution in [0.15, 0.2) is 30.3 Å². The first-order valence-corrected chi connectivity index (χ1v) is 5.20. The van der Waals surface area contributed by atoms with Crippen LogP contribution in [-0.2, 0) is 4.79 Å². The molecule has 0 atom stereocenters. The van der Waals surface area contributed by atoms with Gasteiger partial charge < -0.3 is 5.32 Å². The molecule has 1 aromatic rings. The van der Waals surface area contributed by atoms with Crippen LogP contribution in [-0.4, -0.2) is 11.9 Å². The smallest absolute Gasteiger partial charge is 0.244 e. The fourth-order valence-corrected chi connectivity index (χ4v) is 1.31. The van der Waals surface area contributed by atoms with E-state index in [2.05, 4.69) is 5.32 Å². The number of hydrogen-bond acceptors (Lipinski definition) is 1. The molecule has 1 amide bonds. The second-order valence-electron chi connectivity index (χ2n) is 3.52. The summed E-state index contributed by atoms with van der Waals surface area (Å²) in [6.45, 7) is 3.84. The predicted octanol–water partition coefficient (Wildman–Crippen LogP) is 2.88. The van der Waals surface area contributed by atoms with Crippen LogP contribution in [0.25, 0.3) is 6.08 Å². The molecule has 0 heterocycles. The summed E-state index contributed by atoms with van der Waals surface area (Å²) >= 11 is 5.93. The lowest BCUT2D eigenvalue weighted by Crippen LogP contribution is -2.28. The number of rotatable bonds is 3. The van der Waals surface area contributed by atoms with E-state index in [-0.39, 0.29) is 11.9 Å². The third kappa shape index (κ3) is 4.17. The van der Waals surface area contributed by atoms with Gasteiger partial charge in [-0.15, -0.1) is 0 Å². The van der Waals surface area contributed by atoms with E-state index in [0.29, 0.717) is 5.02 Å². The maximum atomic E-state index is 11.3. The Hall–Kier alpha value is -1.28. The minimum absolute atomic E-state index is 0.107. The zero-order chi connectivity index (χ0) is 11.3. The Balaban J connectivity index is 2.66. The molecule has 0 bridgehead atoms. The van der Waals surface area contributed by atoms with Crippen molar-refractivity contribution in [3.05, 3.63) is 40.9 Å². The highest BCUT2D eigenvalue weighted by Gasteiger charge is 1.98. The van der Waals surface area contributed by atoms with Crippen molar-refractivity contribution in [2.75, 3.05) is 0 Å². The van der Waals surface area contributed by atoms with Gasteiger partial charge in [0.1, 0.15) is 0 Å². The molecule has 0 aliphatic rings. The fourth-order valence-electron chi connectivity index (χ4n) is 1.11. The van der Waals surface area contributed by atoms with E-state index in [4.69, 9.17) is 11.6 Å². The second kappa shape index (κ2) is 5.56. The average molecular weight is 224 g/mol. The quantitative estimate of drug-likeness (QED) is 0.785. The zero-order valence-corrected chi connectivity index (χ0v) is 9.58.